The van der Waals surface area contributed by atoms with Gasteiger partial charge < -0.3 is 4.90 Å². The molecule has 0 aliphatic carbocycles. The van der Waals surface area contributed by atoms with Gasteiger partial charge in [-0.2, -0.15) is 4.98 Å². The summed E-state index contributed by atoms with van der Waals surface area (Å²) in [6.07, 6.45) is 0. The number of aryl methyl sites for hydroxylation is 1. The number of carbonyl (C=O) groups is 1. The SMILES string of the molecule is CCN(CC)C(=O)c1sc2nc(-c3ccc(Cl)cc3)nn2c1C. The van der Waals surface area contributed by atoms with Crippen LogP contribution in [0.3, 0.4) is 0 Å². The van der Waals surface area contributed by atoms with Gasteiger partial charge in [0.15, 0.2) is 5.82 Å². The van der Waals surface area contributed by atoms with Crippen LogP contribution < -0.4 is 0 Å². The lowest BCUT2D eigenvalue weighted by molar-refractivity contribution is 0.0776. The molecule has 0 saturated carbocycles. The first-order chi connectivity index (χ1) is 11.0. The number of carbonyl (C=O) groups excluding carboxylic acids is 1. The predicted molar refractivity (Wildman–Crippen MR) is 93.3 cm³/mol. The van der Waals surface area contributed by atoms with E-state index in [4.69, 9.17) is 11.6 Å². The van der Waals surface area contributed by atoms with Crippen molar-refractivity contribution in [2.24, 2.45) is 0 Å². The molecule has 0 radical (unpaired) electrons. The highest BCUT2D eigenvalue weighted by atomic mass is 35.5. The number of hydrogen-bond donors (Lipinski definition) is 0. The Morgan fingerprint density at radius 3 is 2.48 bits per heavy atom. The molecular weight excluding hydrogens is 332 g/mol. The Morgan fingerprint density at radius 1 is 1.26 bits per heavy atom. The van der Waals surface area contributed by atoms with Gasteiger partial charge in [-0.15, -0.1) is 5.10 Å². The molecule has 0 aliphatic rings. The number of aromatic nitrogens is 3. The first kappa shape index (κ1) is 16.0. The minimum Gasteiger partial charge on any atom is -0.338 e. The number of fused-ring (bicyclic) bond motifs is 1. The van der Waals surface area contributed by atoms with Crippen LogP contribution >= 0.6 is 22.9 Å². The summed E-state index contributed by atoms with van der Waals surface area (Å²) in [5.41, 5.74) is 1.73. The summed E-state index contributed by atoms with van der Waals surface area (Å²) in [4.78, 5) is 20.3. The molecule has 23 heavy (non-hydrogen) atoms. The molecule has 0 atom stereocenters. The van der Waals surface area contributed by atoms with Gasteiger partial charge in [0.1, 0.15) is 4.88 Å². The van der Waals surface area contributed by atoms with E-state index in [1.807, 2.05) is 45.0 Å². The average Bonchev–Trinajstić information content (AvgIpc) is 3.09. The highest BCUT2D eigenvalue weighted by Gasteiger charge is 2.22. The number of benzene rings is 1. The van der Waals surface area contributed by atoms with E-state index in [0.717, 1.165) is 16.2 Å². The number of hydrogen-bond acceptors (Lipinski definition) is 4. The molecule has 0 saturated heterocycles. The van der Waals surface area contributed by atoms with E-state index in [-0.39, 0.29) is 5.91 Å². The largest absolute Gasteiger partial charge is 0.338 e. The molecule has 0 bridgehead atoms. The van der Waals surface area contributed by atoms with E-state index in [0.29, 0.717) is 28.8 Å². The molecule has 0 N–H and O–H groups in total. The number of rotatable bonds is 4. The molecule has 120 valence electrons. The topological polar surface area (TPSA) is 50.5 Å². The number of nitrogens with zero attached hydrogens (tertiary/aromatic N) is 4. The van der Waals surface area contributed by atoms with Gasteiger partial charge in [0.05, 0.1) is 5.69 Å². The minimum absolute atomic E-state index is 0.0397. The molecular formula is C16H17ClN4OS. The first-order valence-electron chi connectivity index (χ1n) is 7.46. The van der Waals surface area contributed by atoms with E-state index in [1.54, 1.807) is 9.42 Å². The lowest BCUT2D eigenvalue weighted by Crippen LogP contribution is -2.30. The van der Waals surface area contributed by atoms with Crippen LogP contribution in [0.4, 0.5) is 0 Å². The zero-order valence-electron chi connectivity index (χ0n) is 13.2. The Hall–Kier alpha value is -1.92. The Labute approximate surface area is 143 Å². The van der Waals surface area contributed by atoms with Crippen molar-refractivity contribution in [3.05, 3.63) is 39.9 Å². The predicted octanol–water partition coefficient (Wildman–Crippen LogP) is 3.90. The molecule has 2 aromatic heterocycles. The van der Waals surface area contributed by atoms with Gasteiger partial charge in [0.2, 0.25) is 4.96 Å². The van der Waals surface area contributed by atoms with Crippen LogP contribution in [0, 0.1) is 6.92 Å². The highest BCUT2D eigenvalue weighted by Crippen LogP contribution is 2.26. The summed E-state index contributed by atoms with van der Waals surface area (Å²) < 4.78 is 1.74. The number of thiazole rings is 1. The van der Waals surface area contributed by atoms with Crippen LogP contribution in [0.15, 0.2) is 24.3 Å². The highest BCUT2D eigenvalue weighted by molar-refractivity contribution is 7.19. The zero-order valence-corrected chi connectivity index (χ0v) is 14.8. The third-order valence-electron chi connectivity index (χ3n) is 3.76. The van der Waals surface area contributed by atoms with Crippen LogP contribution in [-0.4, -0.2) is 38.5 Å². The van der Waals surface area contributed by atoms with Gasteiger partial charge >= 0.3 is 0 Å². The third-order valence-corrected chi connectivity index (χ3v) is 5.14. The Morgan fingerprint density at radius 2 is 1.91 bits per heavy atom. The summed E-state index contributed by atoms with van der Waals surface area (Å²) in [5, 5.41) is 5.21. The van der Waals surface area contributed by atoms with Gasteiger partial charge in [-0.05, 0) is 45.0 Å². The summed E-state index contributed by atoms with van der Waals surface area (Å²) in [6.45, 7) is 7.25. The molecule has 3 aromatic rings. The quantitative estimate of drug-likeness (QED) is 0.718. The summed E-state index contributed by atoms with van der Waals surface area (Å²) in [5.74, 6) is 0.677. The van der Waals surface area contributed by atoms with Gasteiger partial charge in [-0.3, -0.25) is 4.79 Å². The molecule has 2 heterocycles. The van der Waals surface area contributed by atoms with Crippen molar-refractivity contribution < 1.29 is 4.79 Å². The molecule has 0 aliphatic heterocycles. The summed E-state index contributed by atoms with van der Waals surface area (Å²) >= 11 is 7.29. The molecule has 0 fully saturated rings. The van der Waals surface area contributed by atoms with Crippen molar-refractivity contribution >= 4 is 33.8 Å². The Balaban J connectivity index is 2.00. The monoisotopic (exact) mass is 348 g/mol. The van der Waals surface area contributed by atoms with Crippen molar-refractivity contribution in [2.45, 2.75) is 20.8 Å². The van der Waals surface area contributed by atoms with E-state index in [9.17, 15) is 4.79 Å². The lowest BCUT2D eigenvalue weighted by atomic mass is 10.2. The number of amides is 1. The minimum atomic E-state index is 0.0397. The molecule has 1 aromatic carbocycles. The number of halogens is 1. The Bertz CT molecular complexity index is 849. The average molecular weight is 349 g/mol. The standard InChI is InChI=1S/C16H17ClN4OS/c1-4-20(5-2)15(22)13-10(3)21-16(23-13)18-14(19-21)11-6-8-12(17)9-7-11/h6-9H,4-5H2,1-3H3. The van der Waals surface area contributed by atoms with E-state index < -0.39 is 0 Å². The normalized spacial score (nSPS) is 11.1. The second-order valence-electron chi connectivity index (χ2n) is 5.13. The maximum absolute atomic E-state index is 12.5. The van der Waals surface area contributed by atoms with E-state index >= 15 is 0 Å². The smallest absolute Gasteiger partial charge is 0.265 e. The van der Waals surface area contributed by atoms with Crippen molar-refractivity contribution in [3.63, 3.8) is 0 Å². The zero-order chi connectivity index (χ0) is 16.6. The van der Waals surface area contributed by atoms with Crippen LogP contribution in [-0.2, 0) is 0 Å². The molecule has 5 nitrogen and oxygen atoms in total. The van der Waals surface area contributed by atoms with Gasteiger partial charge in [-0.25, -0.2) is 4.52 Å². The van der Waals surface area contributed by atoms with Crippen molar-refractivity contribution in [1.82, 2.24) is 19.5 Å². The maximum Gasteiger partial charge on any atom is 0.265 e. The Kier molecular flexibility index (Phi) is 4.37. The third kappa shape index (κ3) is 2.84. The van der Waals surface area contributed by atoms with Crippen molar-refractivity contribution in [2.75, 3.05) is 13.1 Å². The summed E-state index contributed by atoms with van der Waals surface area (Å²) in [7, 11) is 0. The van der Waals surface area contributed by atoms with Crippen LogP contribution in [0.1, 0.15) is 29.2 Å². The van der Waals surface area contributed by atoms with Gasteiger partial charge in [0.25, 0.3) is 5.91 Å². The van der Waals surface area contributed by atoms with Crippen LogP contribution in [0.5, 0.6) is 0 Å². The second-order valence-corrected chi connectivity index (χ2v) is 6.54. The molecule has 7 heteroatoms. The summed E-state index contributed by atoms with van der Waals surface area (Å²) in [6, 6.07) is 7.40. The van der Waals surface area contributed by atoms with Crippen molar-refractivity contribution in [3.8, 4) is 11.4 Å². The fraction of sp³-hybridized carbons (Fsp3) is 0.312. The van der Waals surface area contributed by atoms with E-state index in [2.05, 4.69) is 10.1 Å². The molecule has 0 spiro atoms. The van der Waals surface area contributed by atoms with Gasteiger partial charge in [0, 0.05) is 23.7 Å². The lowest BCUT2D eigenvalue weighted by Gasteiger charge is -2.17. The molecule has 3 rings (SSSR count). The second kappa shape index (κ2) is 6.29. The maximum atomic E-state index is 12.5. The fourth-order valence-electron chi connectivity index (χ4n) is 2.42. The first-order valence-corrected chi connectivity index (χ1v) is 8.66. The van der Waals surface area contributed by atoms with E-state index in [1.165, 1.54) is 11.3 Å². The van der Waals surface area contributed by atoms with Crippen molar-refractivity contribution in [1.29, 1.82) is 0 Å². The van der Waals surface area contributed by atoms with Crippen LogP contribution in [0.25, 0.3) is 16.3 Å². The van der Waals surface area contributed by atoms with Crippen LogP contribution in [0.2, 0.25) is 5.02 Å². The molecule has 0 unspecified atom stereocenters. The molecule has 1 amide bonds. The fourth-order valence-corrected chi connectivity index (χ4v) is 3.57. The van der Waals surface area contributed by atoms with Gasteiger partial charge in [-0.1, -0.05) is 22.9 Å².